The van der Waals surface area contributed by atoms with Crippen molar-refractivity contribution in [1.82, 2.24) is 20.2 Å². The van der Waals surface area contributed by atoms with Gasteiger partial charge in [0.2, 0.25) is 0 Å². The summed E-state index contributed by atoms with van der Waals surface area (Å²) >= 11 is 0. The summed E-state index contributed by atoms with van der Waals surface area (Å²) in [5.41, 5.74) is 2.17. The molecule has 0 aliphatic rings. The van der Waals surface area contributed by atoms with Gasteiger partial charge in [0.15, 0.2) is 5.96 Å². The number of rotatable bonds is 9. The third kappa shape index (κ3) is 7.94. The first-order valence-electron chi connectivity index (χ1n) is 9.44. The number of guanidine groups is 1. The molecule has 158 valence electrons. The van der Waals surface area contributed by atoms with Gasteiger partial charge >= 0.3 is 0 Å². The molecule has 0 amide bonds. The van der Waals surface area contributed by atoms with Crippen LogP contribution in [0.3, 0.4) is 0 Å². The van der Waals surface area contributed by atoms with E-state index in [2.05, 4.69) is 31.2 Å². The second-order valence-electron chi connectivity index (χ2n) is 6.88. The number of halogens is 1. The van der Waals surface area contributed by atoms with Crippen molar-refractivity contribution in [2.75, 3.05) is 25.1 Å². The molecular formula is C19H32IN5O2S. The standard InChI is InChI=1S/C19H31N5O2S.HI/c1-5-20-19(22-15(2)11-14-27(4,25)26)21-12-8-13-24-16(3)23-17-9-6-7-10-18(17)24;/h6-7,9-10,15H,5,8,11-14H2,1-4H3,(H2,20,21,22);1H. The Bertz CT molecular complexity index is 880. The van der Waals surface area contributed by atoms with E-state index in [-0.39, 0.29) is 35.8 Å². The van der Waals surface area contributed by atoms with Gasteiger partial charge in [0.1, 0.15) is 15.7 Å². The molecular weight excluding hydrogens is 489 g/mol. The lowest BCUT2D eigenvalue weighted by Gasteiger charge is -2.17. The van der Waals surface area contributed by atoms with Gasteiger partial charge < -0.3 is 15.2 Å². The predicted molar refractivity (Wildman–Crippen MR) is 127 cm³/mol. The molecule has 2 rings (SSSR count). The summed E-state index contributed by atoms with van der Waals surface area (Å²) in [7, 11) is -2.94. The number of aliphatic imine (C=N–C) groups is 1. The summed E-state index contributed by atoms with van der Waals surface area (Å²) in [6.07, 6.45) is 2.72. The number of benzene rings is 1. The summed E-state index contributed by atoms with van der Waals surface area (Å²) in [5, 5.41) is 6.50. The number of aryl methyl sites for hydroxylation is 2. The van der Waals surface area contributed by atoms with Crippen molar-refractivity contribution in [3.8, 4) is 0 Å². The van der Waals surface area contributed by atoms with E-state index in [9.17, 15) is 8.42 Å². The molecule has 7 nitrogen and oxygen atoms in total. The summed E-state index contributed by atoms with van der Waals surface area (Å²) in [4.78, 5) is 9.21. The zero-order chi connectivity index (χ0) is 19.9. The fraction of sp³-hybridized carbons (Fsp3) is 0.579. The number of sulfone groups is 1. The molecule has 1 aromatic carbocycles. The number of nitrogens with zero attached hydrogens (tertiary/aromatic N) is 3. The lowest BCUT2D eigenvalue weighted by Crippen LogP contribution is -2.42. The number of aromatic nitrogens is 2. The maximum atomic E-state index is 11.3. The third-order valence-electron chi connectivity index (χ3n) is 4.30. The average Bonchev–Trinajstić information content (AvgIpc) is 2.92. The van der Waals surface area contributed by atoms with E-state index in [0.29, 0.717) is 13.0 Å². The van der Waals surface area contributed by atoms with Gasteiger partial charge in [0, 0.05) is 31.9 Å². The maximum Gasteiger partial charge on any atom is 0.191 e. The van der Waals surface area contributed by atoms with E-state index < -0.39 is 9.84 Å². The molecule has 0 fully saturated rings. The largest absolute Gasteiger partial charge is 0.357 e. The van der Waals surface area contributed by atoms with E-state index in [1.54, 1.807) is 0 Å². The molecule has 0 saturated heterocycles. The highest BCUT2D eigenvalue weighted by Crippen LogP contribution is 2.15. The number of hydrogen-bond donors (Lipinski definition) is 2. The Balaban J connectivity index is 0.00000392. The summed E-state index contributed by atoms with van der Waals surface area (Å²) in [5.74, 6) is 1.92. The zero-order valence-corrected chi connectivity index (χ0v) is 20.3. The van der Waals surface area contributed by atoms with E-state index in [0.717, 1.165) is 42.3 Å². The number of para-hydroxylation sites is 2. The van der Waals surface area contributed by atoms with Gasteiger partial charge in [-0.05, 0) is 45.7 Å². The molecule has 9 heteroatoms. The molecule has 28 heavy (non-hydrogen) atoms. The second-order valence-corrected chi connectivity index (χ2v) is 9.14. The van der Waals surface area contributed by atoms with Gasteiger partial charge in [0.25, 0.3) is 0 Å². The quantitative estimate of drug-likeness (QED) is 0.229. The molecule has 0 radical (unpaired) electrons. The van der Waals surface area contributed by atoms with Crippen LogP contribution in [0.1, 0.15) is 32.5 Å². The van der Waals surface area contributed by atoms with Crippen molar-refractivity contribution < 1.29 is 8.42 Å². The lowest BCUT2D eigenvalue weighted by molar-refractivity contribution is 0.580. The fourth-order valence-electron chi connectivity index (χ4n) is 2.91. The Morgan fingerprint density at radius 2 is 2.04 bits per heavy atom. The highest BCUT2D eigenvalue weighted by atomic mass is 127. The van der Waals surface area contributed by atoms with E-state index in [1.807, 2.05) is 39.0 Å². The Morgan fingerprint density at radius 3 is 2.71 bits per heavy atom. The molecule has 0 bridgehead atoms. The van der Waals surface area contributed by atoms with Crippen LogP contribution < -0.4 is 10.6 Å². The van der Waals surface area contributed by atoms with Crippen molar-refractivity contribution >= 4 is 50.8 Å². The molecule has 0 aliphatic carbocycles. The Kier molecular flexibility index (Phi) is 10.2. The van der Waals surface area contributed by atoms with Crippen molar-refractivity contribution in [3.05, 3.63) is 30.1 Å². The SMILES string of the molecule is CCNC(=NCCCn1c(C)nc2ccccc21)NC(C)CCS(C)(=O)=O.I. The summed E-state index contributed by atoms with van der Waals surface area (Å²) < 4.78 is 24.8. The number of imidazole rings is 1. The molecule has 1 unspecified atom stereocenters. The van der Waals surface area contributed by atoms with Crippen LogP contribution in [0.5, 0.6) is 0 Å². The molecule has 0 saturated carbocycles. The fourth-order valence-corrected chi connectivity index (χ4v) is 3.70. The Hall–Kier alpha value is -1.36. The Labute approximate surface area is 185 Å². The van der Waals surface area contributed by atoms with Gasteiger partial charge in [-0.15, -0.1) is 24.0 Å². The van der Waals surface area contributed by atoms with E-state index >= 15 is 0 Å². The van der Waals surface area contributed by atoms with Crippen LogP contribution in [-0.2, 0) is 16.4 Å². The van der Waals surface area contributed by atoms with Gasteiger partial charge in [-0.3, -0.25) is 4.99 Å². The van der Waals surface area contributed by atoms with Crippen LogP contribution in [-0.4, -0.2) is 55.1 Å². The molecule has 0 aliphatic heterocycles. The maximum absolute atomic E-state index is 11.3. The third-order valence-corrected chi connectivity index (χ3v) is 5.28. The molecule has 2 aromatic rings. The highest BCUT2D eigenvalue weighted by Gasteiger charge is 2.10. The van der Waals surface area contributed by atoms with Crippen LogP contribution in [0, 0.1) is 6.92 Å². The van der Waals surface area contributed by atoms with Crippen LogP contribution >= 0.6 is 24.0 Å². The normalized spacial score (nSPS) is 13.2. The highest BCUT2D eigenvalue weighted by molar-refractivity contribution is 14.0. The first-order chi connectivity index (χ1) is 12.8. The van der Waals surface area contributed by atoms with Crippen molar-refractivity contribution in [3.63, 3.8) is 0 Å². The first-order valence-corrected chi connectivity index (χ1v) is 11.5. The van der Waals surface area contributed by atoms with Crippen molar-refractivity contribution in [2.45, 2.75) is 46.2 Å². The van der Waals surface area contributed by atoms with Crippen LogP contribution in [0.15, 0.2) is 29.3 Å². The van der Waals surface area contributed by atoms with Gasteiger partial charge in [-0.25, -0.2) is 13.4 Å². The van der Waals surface area contributed by atoms with E-state index in [1.165, 1.54) is 6.26 Å². The molecule has 1 atom stereocenters. The minimum atomic E-state index is -2.94. The van der Waals surface area contributed by atoms with Crippen LogP contribution in [0.25, 0.3) is 11.0 Å². The predicted octanol–water partition coefficient (Wildman–Crippen LogP) is 2.73. The van der Waals surface area contributed by atoms with Crippen LogP contribution in [0.4, 0.5) is 0 Å². The summed E-state index contributed by atoms with van der Waals surface area (Å²) in [6.45, 7) is 8.31. The summed E-state index contributed by atoms with van der Waals surface area (Å²) in [6, 6.07) is 8.19. The number of nitrogens with one attached hydrogen (secondary N) is 2. The lowest BCUT2D eigenvalue weighted by atomic mass is 10.3. The van der Waals surface area contributed by atoms with E-state index in [4.69, 9.17) is 0 Å². The monoisotopic (exact) mass is 521 g/mol. The molecule has 0 spiro atoms. The second kappa shape index (κ2) is 11.6. The molecule has 1 aromatic heterocycles. The van der Waals surface area contributed by atoms with Gasteiger partial charge in [0.05, 0.1) is 16.8 Å². The number of fused-ring (bicyclic) bond motifs is 1. The van der Waals surface area contributed by atoms with Crippen molar-refractivity contribution in [2.24, 2.45) is 4.99 Å². The number of hydrogen-bond acceptors (Lipinski definition) is 4. The smallest absolute Gasteiger partial charge is 0.191 e. The minimum absolute atomic E-state index is 0. The Morgan fingerprint density at radius 1 is 1.32 bits per heavy atom. The average molecular weight is 521 g/mol. The van der Waals surface area contributed by atoms with Gasteiger partial charge in [-0.2, -0.15) is 0 Å². The topological polar surface area (TPSA) is 88.4 Å². The first kappa shape index (κ1) is 24.7. The van der Waals surface area contributed by atoms with Crippen molar-refractivity contribution in [1.29, 1.82) is 0 Å². The zero-order valence-electron chi connectivity index (χ0n) is 17.1. The molecule has 2 N–H and O–H groups in total. The van der Waals surface area contributed by atoms with Gasteiger partial charge in [-0.1, -0.05) is 12.1 Å². The minimum Gasteiger partial charge on any atom is -0.357 e. The van der Waals surface area contributed by atoms with Crippen LogP contribution in [0.2, 0.25) is 0 Å². The molecule has 1 heterocycles.